The predicted octanol–water partition coefficient (Wildman–Crippen LogP) is 2.16. The van der Waals surface area contributed by atoms with Gasteiger partial charge in [-0.25, -0.2) is 0 Å². The molecule has 0 unspecified atom stereocenters. The van der Waals surface area contributed by atoms with Crippen LogP contribution in [-0.2, 0) is 19.6 Å². The summed E-state index contributed by atoms with van der Waals surface area (Å²) < 4.78 is 5.62. The molecule has 2 aromatic rings. The van der Waals surface area contributed by atoms with E-state index in [9.17, 15) is 0 Å². The molecular weight excluding hydrogens is 226 g/mol. The summed E-state index contributed by atoms with van der Waals surface area (Å²) in [5.41, 5.74) is 6.61. The molecule has 4 nitrogen and oxygen atoms in total. The van der Waals surface area contributed by atoms with Crippen molar-refractivity contribution in [2.75, 3.05) is 6.54 Å². The second-order valence-electron chi connectivity index (χ2n) is 4.20. The monoisotopic (exact) mass is 245 g/mol. The fourth-order valence-corrected chi connectivity index (χ4v) is 1.84. The summed E-state index contributed by atoms with van der Waals surface area (Å²) >= 11 is 0. The highest BCUT2D eigenvalue weighted by Gasteiger charge is 2.08. The van der Waals surface area contributed by atoms with E-state index in [1.54, 1.807) is 0 Å². The van der Waals surface area contributed by atoms with Gasteiger partial charge in [-0.1, -0.05) is 13.0 Å². The van der Waals surface area contributed by atoms with Gasteiger partial charge in [0.15, 0.2) is 0 Å². The van der Waals surface area contributed by atoms with Gasteiger partial charge < -0.3 is 10.2 Å². The minimum absolute atomic E-state index is 0.451. The van der Waals surface area contributed by atoms with Gasteiger partial charge >= 0.3 is 0 Å². The van der Waals surface area contributed by atoms with Crippen LogP contribution in [0.3, 0.4) is 0 Å². The van der Waals surface area contributed by atoms with Gasteiger partial charge in [0.05, 0.1) is 18.8 Å². The highest BCUT2D eigenvalue weighted by atomic mass is 16.3. The lowest BCUT2D eigenvalue weighted by Gasteiger charge is -2.18. The van der Waals surface area contributed by atoms with E-state index < -0.39 is 0 Å². The summed E-state index contributed by atoms with van der Waals surface area (Å²) in [6.45, 7) is 5.15. The lowest BCUT2D eigenvalue weighted by atomic mass is 10.3. The Kier molecular flexibility index (Phi) is 4.50. The first-order valence-corrected chi connectivity index (χ1v) is 6.21. The quantitative estimate of drug-likeness (QED) is 0.847. The zero-order chi connectivity index (χ0) is 12.8. The molecule has 0 aliphatic carbocycles. The zero-order valence-corrected chi connectivity index (χ0v) is 10.7. The molecule has 0 radical (unpaired) electrons. The molecule has 0 aliphatic rings. The van der Waals surface area contributed by atoms with Crippen LogP contribution in [0.5, 0.6) is 0 Å². The molecule has 2 heterocycles. The highest BCUT2D eigenvalue weighted by molar-refractivity contribution is 5.08. The molecule has 2 N–H and O–H groups in total. The van der Waals surface area contributed by atoms with Gasteiger partial charge in [0.2, 0.25) is 0 Å². The van der Waals surface area contributed by atoms with Gasteiger partial charge in [0.1, 0.15) is 11.5 Å². The van der Waals surface area contributed by atoms with E-state index in [1.165, 1.54) is 0 Å². The Labute approximate surface area is 107 Å². The van der Waals surface area contributed by atoms with Crippen LogP contribution in [-0.4, -0.2) is 16.4 Å². The zero-order valence-electron chi connectivity index (χ0n) is 10.7. The fourth-order valence-electron chi connectivity index (χ4n) is 1.84. The highest BCUT2D eigenvalue weighted by Crippen LogP contribution is 2.11. The minimum Gasteiger partial charge on any atom is -0.463 e. The normalized spacial score (nSPS) is 11.1. The van der Waals surface area contributed by atoms with E-state index in [0.717, 1.165) is 36.8 Å². The molecule has 96 valence electrons. The minimum atomic E-state index is 0.451. The molecule has 0 spiro atoms. The Morgan fingerprint density at radius 2 is 2.00 bits per heavy atom. The number of rotatable bonds is 6. The molecule has 0 bridgehead atoms. The van der Waals surface area contributed by atoms with E-state index in [-0.39, 0.29) is 0 Å². The van der Waals surface area contributed by atoms with Crippen molar-refractivity contribution in [2.24, 2.45) is 5.73 Å². The molecule has 0 saturated heterocycles. The van der Waals surface area contributed by atoms with E-state index in [4.69, 9.17) is 10.2 Å². The van der Waals surface area contributed by atoms with Gasteiger partial charge in [-0.2, -0.15) is 0 Å². The number of hydrogen-bond donors (Lipinski definition) is 1. The van der Waals surface area contributed by atoms with Crippen LogP contribution in [0, 0.1) is 0 Å². The maximum Gasteiger partial charge on any atom is 0.118 e. The van der Waals surface area contributed by atoms with Crippen LogP contribution in [0.25, 0.3) is 0 Å². The number of nitrogens with zero attached hydrogens (tertiary/aromatic N) is 2. The molecule has 2 rings (SSSR count). The lowest BCUT2D eigenvalue weighted by Crippen LogP contribution is -2.22. The Morgan fingerprint density at radius 1 is 1.17 bits per heavy atom. The molecule has 2 aromatic heterocycles. The third kappa shape index (κ3) is 3.42. The molecule has 0 aliphatic heterocycles. The van der Waals surface area contributed by atoms with Crippen molar-refractivity contribution in [2.45, 2.75) is 26.6 Å². The van der Waals surface area contributed by atoms with Crippen LogP contribution in [0.15, 0.2) is 40.9 Å². The molecule has 4 heteroatoms. The Hall–Kier alpha value is -1.65. The van der Waals surface area contributed by atoms with E-state index in [0.29, 0.717) is 6.54 Å². The van der Waals surface area contributed by atoms with Crippen molar-refractivity contribution in [3.05, 3.63) is 53.7 Å². The number of pyridine rings is 1. The Morgan fingerprint density at radius 3 is 2.61 bits per heavy atom. The molecular formula is C14H19N3O. The first kappa shape index (κ1) is 12.8. The standard InChI is InChI=1S/C14H19N3O/c1-2-17(10-12-5-3-4-8-16-12)11-14-7-6-13(9-15)18-14/h3-8H,2,9-11,15H2,1H3. The van der Waals surface area contributed by atoms with Crippen molar-refractivity contribution >= 4 is 0 Å². The second kappa shape index (κ2) is 6.33. The SMILES string of the molecule is CCN(Cc1ccccn1)Cc1ccc(CN)o1. The summed E-state index contributed by atoms with van der Waals surface area (Å²) in [6.07, 6.45) is 1.82. The van der Waals surface area contributed by atoms with Crippen molar-refractivity contribution in [1.82, 2.24) is 9.88 Å². The Bertz CT molecular complexity index is 467. The van der Waals surface area contributed by atoms with Crippen LogP contribution < -0.4 is 5.73 Å². The summed E-state index contributed by atoms with van der Waals surface area (Å²) in [7, 11) is 0. The van der Waals surface area contributed by atoms with Gasteiger partial charge in [0, 0.05) is 12.7 Å². The fraction of sp³-hybridized carbons (Fsp3) is 0.357. The van der Waals surface area contributed by atoms with Crippen molar-refractivity contribution < 1.29 is 4.42 Å². The van der Waals surface area contributed by atoms with Gasteiger partial charge in [0.25, 0.3) is 0 Å². The molecule has 0 amide bonds. The van der Waals surface area contributed by atoms with Gasteiger partial charge in [-0.15, -0.1) is 0 Å². The van der Waals surface area contributed by atoms with Crippen LogP contribution in [0.4, 0.5) is 0 Å². The largest absolute Gasteiger partial charge is 0.463 e. The third-order valence-electron chi connectivity index (χ3n) is 2.86. The van der Waals surface area contributed by atoms with E-state index >= 15 is 0 Å². The Balaban J connectivity index is 1.97. The maximum absolute atomic E-state index is 5.62. The average molecular weight is 245 g/mol. The van der Waals surface area contributed by atoms with E-state index in [2.05, 4.69) is 16.8 Å². The van der Waals surface area contributed by atoms with Gasteiger partial charge in [-0.3, -0.25) is 9.88 Å². The molecule has 0 aromatic carbocycles. The van der Waals surface area contributed by atoms with E-state index in [1.807, 2.05) is 36.5 Å². The first-order valence-electron chi connectivity index (χ1n) is 6.21. The van der Waals surface area contributed by atoms with Gasteiger partial charge in [-0.05, 0) is 30.8 Å². The molecule has 18 heavy (non-hydrogen) atoms. The third-order valence-corrected chi connectivity index (χ3v) is 2.86. The van der Waals surface area contributed by atoms with Crippen LogP contribution in [0.1, 0.15) is 24.1 Å². The topological polar surface area (TPSA) is 55.3 Å². The molecule has 0 saturated carbocycles. The van der Waals surface area contributed by atoms with Crippen molar-refractivity contribution in [3.8, 4) is 0 Å². The lowest BCUT2D eigenvalue weighted by molar-refractivity contribution is 0.242. The van der Waals surface area contributed by atoms with Crippen molar-refractivity contribution in [1.29, 1.82) is 0 Å². The van der Waals surface area contributed by atoms with Crippen molar-refractivity contribution in [3.63, 3.8) is 0 Å². The smallest absolute Gasteiger partial charge is 0.118 e. The molecule has 0 atom stereocenters. The summed E-state index contributed by atoms with van der Waals surface area (Å²) in [5, 5.41) is 0. The number of hydrogen-bond acceptors (Lipinski definition) is 4. The van der Waals surface area contributed by atoms with Crippen LogP contribution >= 0.6 is 0 Å². The average Bonchev–Trinajstić information content (AvgIpc) is 2.87. The summed E-state index contributed by atoms with van der Waals surface area (Å²) in [4.78, 5) is 6.62. The summed E-state index contributed by atoms with van der Waals surface area (Å²) in [6, 6.07) is 9.90. The first-order chi connectivity index (χ1) is 8.81. The summed E-state index contributed by atoms with van der Waals surface area (Å²) in [5.74, 6) is 1.78. The molecule has 0 fully saturated rings. The van der Waals surface area contributed by atoms with Crippen LogP contribution in [0.2, 0.25) is 0 Å². The predicted molar refractivity (Wildman–Crippen MR) is 70.6 cm³/mol. The maximum atomic E-state index is 5.62. The number of furan rings is 1. The second-order valence-corrected chi connectivity index (χ2v) is 4.20. The number of aromatic nitrogens is 1. The number of nitrogens with two attached hydrogens (primary N) is 1.